The van der Waals surface area contributed by atoms with Gasteiger partial charge in [-0.05, 0) is 59.7 Å². The normalized spacial score (nSPS) is 18.7. The van der Waals surface area contributed by atoms with Crippen LogP contribution in [0.2, 0.25) is 0 Å². The Morgan fingerprint density at radius 3 is 2.42 bits per heavy atom. The topological polar surface area (TPSA) is 121 Å². The average Bonchev–Trinajstić information content (AvgIpc) is 3.53. The van der Waals surface area contributed by atoms with Crippen molar-refractivity contribution in [3.63, 3.8) is 0 Å². The van der Waals surface area contributed by atoms with Crippen molar-refractivity contribution in [1.82, 2.24) is 5.01 Å². The van der Waals surface area contributed by atoms with Crippen LogP contribution in [0, 0.1) is 0 Å². The number of thioether (sulfide) groups is 1. The van der Waals surface area contributed by atoms with Crippen molar-refractivity contribution in [2.24, 2.45) is 10.1 Å². The molecule has 9 nitrogen and oxygen atoms in total. The molecule has 192 valence electrons. The predicted octanol–water partition coefficient (Wildman–Crippen LogP) is 4.57. The fourth-order valence-electron chi connectivity index (χ4n) is 4.26. The molecular weight excluding hydrogens is 504 g/mol. The second-order valence-corrected chi connectivity index (χ2v) is 9.89. The lowest BCUT2D eigenvalue weighted by Gasteiger charge is -2.23. The molecule has 3 aromatic rings. The van der Waals surface area contributed by atoms with E-state index in [9.17, 15) is 14.4 Å². The molecule has 0 saturated heterocycles. The van der Waals surface area contributed by atoms with E-state index in [0.717, 1.165) is 22.6 Å². The molecule has 10 heteroatoms. The average molecular weight is 529 g/mol. The summed E-state index contributed by atoms with van der Waals surface area (Å²) >= 11 is 1.22. The van der Waals surface area contributed by atoms with E-state index in [4.69, 9.17) is 14.9 Å². The molecule has 2 aliphatic rings. The van der Waals surface area contributed by atoms with Crippen molar-refractivity contribution in [1.29, 1.82) is 0 Å². The van der Waals surface area contributed by atoms with Gasteiger partial charge in [-0.25, -0.2) is 9.80 Å². The molecule has 0 aliphatic carbocycles. The van der Waals surface area contributed by atoms with Gasteiger partial charge in [0.2, 0.25) is 5.91 Å². The van der Waals surface area contributed by atoms with Crippen LogP contribution in [-0.2, 0) is 9.59 Å². The van der Waals surface area contributed by atoms with E-state index in [0.29, 0.717) is 17.3 Å². The van der Waals surface area contributed by atoms with Crippen molar-refractivity contribution >= 4 is 46.1 Å². The number of aliphatic imine (C=N–C) groups is 1. The van der Waals surface area contributed by atoms with Crippen LogP contribution in [0.4, 0.5) is 5.69 Å². The van der Waals surface area contributed by atoms with E-state index >= 15 is 0 Å². The van der Waals surface area contributed by atoms with Gasteiger partial charge in [0.25, 0.3) is 5.91 Å². The highest BCUT2D eigenvalue weighted by Crippen LogP contribution is 2.38. The smallest absolute Gasteiger partial charge is 0.335 e. The van der Waals surface area contributed by atoms with Gasteiger partial charge in [-0.15, -0.1) is 0 Å². The molecule has 2 heterocycles. The first kappa shape index (κ1) is 25.2. The molecule has 2 aliphatic heterocycles. The fourth-order valence-corrected chi connectivity index (χ4v) is 5.32. The second kappa shape index (κ2) is 10.9. The van der Waals surface area contributed by atoms with Gasteiger partial charge in [0, 0.05) is 18.5 Å². The van der Waals surface area contributed by atoms with Crippen molar-refractivity contribution in [3.8, 4) is 5.75 Å². The Kier molecular flexibility index (Phi) is 7.23. The van der Waals surface area contributed by atoms with Crippen LogP contribution >= 0.6 is 11.8 Å². The quantitative estimate of drug-likeness (QED) is 0.461. The van der Waals surface area contributed by atoms with Crippen molar-refractivity contribution in [3.05, 3.63) is 95.6 Å². The van der Waals surface area contributed by atoms with E-state index in [1.54, 1.807) is 12.1 Å². The summed E-state index contributed by atoms with van der Waals surface area (Å²) in [5.74, 6) is -1.04. The molecular formula is C28H24N4O5S. The predicted molar refractivity (Wildman–Crippen MR) is 146 cm³/mol. The molecule has 0 aromatic heterocycles. The van der Waals surface area contributed by atoms with E-state index in [1.165, 1.54) is 36.0 Å². The van der Waals surface area contributed by atoms with E-state index < -0.39 is 11.2 Å². The van der Waals surface area contributed by atoms with Gasteiger partial charge in [-0.3, -0.25) is 9.59 Å². The Labute approximate surface area is 223 Å². The molecule has 2 amide bonds. The zero-order valence-electron chi connectivity index (χ0n) is 20.4. The van der Waals surface area contributed by atoms with Crippen LogP contribution in [-0.4, -0.2) is 51.1 Å². The summed E-state index contributed by atoms with van der Waals surface area (Å²) in [5, 5.41) is 18.1. The van der Waals surface area contributed by atoms with Crippen molar-refractivity contribution in [2.45, 2.75) is 24.1 Å². The number of nitrogens with zero attached hydrogens (tertiary/aromatic N) is 3. The molecule has 0 radical (unpaired) electrons. The highest BCUT2D eigenvalue weighted by Gasteiger charge is 2.39. The van der Waals surface area contributed by atoms with Gasteiger partial charge >= 0.3 is 5.97 Å². The van der Waals surface area contributed by atoms with Crippen LogP contribution in [0.5, 0.6) is 5.75 Å². The van der Waals surface area contributed by atoms with Crippen molar-refractivity contribution in [2.75, 3.05) is 12.4 Å². The van der Waals surface area contributed by atoms with E-state index in [-0.39, 0.29) is 29.8 Å². The maximum absolute atomic E-state index is 12.8. The van der Waals surface area contributed by atoms with E-state index in [1.807, 2.05) is 54.6 Å². The van der Waals surface area contributed by atoms with Crippen molar-refractivity contribution < 1.29 is 24.2 Å². The number of hydrogen-bond acceptors (Lipinski definition) is 7. The van der Waals surface area contributed by atoms with Gasteiger partial charge in [0.15, 0.2) is 5.17 Å². The molecule has 0 fully saturated rings. The number of rotatable bonds is 7. The number of hydrogen-bond donors (Lipinski definition) is 2. The first-order valence-electron chi connectivity index (χ1n) is 11.9. The molecule has 2 N–H and O–H groups in total. The Bertz CT molecular complexity index is 1420. The number of carboxylic acids is 1. The molecule has 38 heavy (non-hydrogen) atoms. The van der Waals surface area contributed by atoms with Crippen LogP contribution in [0.15, 0.2) is 89.0 Å². The Morgan fingerprint density at radius 1 is 1.05 bits per heavy atom. The molecule has 5 rings (SSSR count). The van der Waals surface area contributed by atoms with Gasteiger partial charge in [0.05, 0.1) is 24.4 Å². The van der Waals surface area contributed by atoms with Gasteiger partial charge in [0.1, 0.15) is 11.0 Å². The number of carboxylic acid groups (broad SMARTS) is 1. The zero-order chi connectivity index (χ0) is 26.6. The first-order chi connectivity index (χ1) is 18.4. The number of carbonyl (C=O) groups is 3. The van der Waals surface area contributed by atoms with E-state index in [2.05, 4.69) is 10.3 Å². The molecule has 0 bridgehead atoms. The summed E-state index contributed by atoms with van der Waals surface area (Å²) in [4.78, 5) is 40.7. The molecule has 2 atom stereocenters. The van der Waals surface area contributed by atoms with Crippen LogP contribution in [0.25, 0.3) is 0 Å². The number of benzene rings is 3. The summed E-state index contributed by atoms with van der Waals surface area (Å²) in [5.41, 5.74) is 3.43. The Balaban J connectivity index is 1.31. The number of carbonyl (C=O) groups excluding carboxylic acids is 2. The Hall–Kier alpha value is -4.44. The molecule has 3 aromatic carbocycles. The summed E-state index contributed by atoms with van der Waals surface area (Å²) in [6.45, 7) is 0. The van der Waals surface area contributed by atoms with Crippen LogP contribution < -0.4 is 10.1 Å². The number of aromatic carboxylic acids is 1. The lowest BCUT2D eigenvalue weighted by molar-refractivity contribution is -0.121. The summed E-state index contributed by atoms with van der Waals surface area (Å²) in [6, 6.07) is 23.3. The maximum atomic E-state index is 12.8. The second-order valence-electron chi connectivity index (χ2n) is 8.72. The SMILES string of the molecule is COc1ccc(C2=NN(C3=NC(=O)[C@@H](CC(=O)Nc4ccc(C(=O)O)cc4)S3)[C@H](c3ccccc3)C2)cc1. The minimum absolute atomic E-state index is 0.0733. The molecule has 0 spiro atoms. The third kappa shape index (κ3) is 5.45. The summed E-state index contributed by atoms with van der Waals surface area (Å²) in [7, 11) is 1.62. The third-order valence-electron chi connectivity index (χ3n) is 6.23. The van der Waals surface area contributed by atoms with Crippen LogP contribution in [0.3, 0.4) is 0 Å². The summed E-state index contributed by atoms with van der Waals surface area (Å²) in [6.07, 6.45) is 0.553. The number of methoxy groups -OCH3 is 1. The largest absolute Gasteiger partial charge is 0.497 e. The number of amides is 2. The fraction of sp³-hybridized carbons (Fsp3) is 0.179. The molecule has 0 saturated carbocycles. The first-order valence-corrected chi connectivity index (χ1v) is 12.8. The number of hydrazone groups is 1. The minimum Gasteiger partial charge on any atom is -0.497 e. The van der Waals surface area contributed by atoms with Gasteiger partial charge in [-0.1, -0.05) is 42.1 Å². The number of amidine groups is 1. The maximum Gasteiger partial charge on any atom is 0.335 e. The highest BCUT2D eigenvalue weighted by molar-refractivity contribution is 8.15. The standard InChI is InChI=1S/C28H24N4O5S/c1-37-21-13-9-17(10-14-21)22-15-23(18-5-3-2-4-6-18)32(31-22)28-30-26(34)24(38-28)16-25(33)29-20-11-7-19(8-12-20)27(35)36/h2-14,23-24H,15-16H2,1H3,(H,29,33)(H,35,36)/t23-,24+/m0/s1. The van der Waals surface area contributed by atoms with Crippen LogP contribution in [0.1, 0.15) is 40.4 Å². The van der Waals surface area contributed by atoms with Gasteiger partial charge in [-0.2, -0.15) is 10.1 Å². The minimum atomic E-state index is -1.05. The Morgan fingerprint density at radius 2 is 1.76 bits per heavy atom. The molecule has 0 unspecified atom stereocenters. The lowest BCUT2D eigenvalue weighted by Crippen LogP contribution is -2.25. The van der Waals surface area contributed by atoms with Gasteiger partial charge < -0.3 is 15.2 Å². The third-order valence-corrected chi connectivity index (χ3v) is 7.37. The highest BCUT2D eigenvalue weighted by atomic mass is 32.2. The summed E-state index contributed by atoms with van der Waals surface area (Å²) < 4.78 is 5.27. The number of nitrogens with one attached hydrogen (secondary N) is 1. The number of anilines is 1. The lowest BCUT2D eigenvalue weighted by atomic mass is 9.98. The zero-order valence-corrected chi connectivity index (χ0v) is 21.2. The monoisotopic (exact) mass is 528 g/mol. The number of ether oxygens (including phenoxy) is 1.